The highest BCUT2D eigenvalue weighted by Gasteiger charge is 2.29. The smallest absolute Gasteiger partial charge is 0.337 e. The lowest BCUT2D eigenvalue weighted by Gasteiger charge is -2.17. The number of hydrogen-bond donors (Lipinski definition) is 1. The van der Waals surface area contributed by atoms with E-state index in [-0.39, 0.29) is 11.5 Å². The van der Waals surface area contributed by atoms with E-state index in [2.05, 4.69) is 18.8 Å². The van der Waals surface area contributed by atoms with Crippen molar-refractivity contribution in [2.24, 2.45) is 11.8 Å². The molecule has 1 atom stereocenters. The van der Waals surface area contributed by atoms with Crippen LogP contribution >= 0.6 is 0 Å². The normalized spacial score (nSPS) is 18.9. The summed E-state index contributed by atoms with van der Waals surface area (Å²) in [6, 6.07) is 2.90. The van der Waals surface area contributed by atoms with Gasteiger partial charge in [0.15, 0.2) is 0 Å². The molecule has 1 aromatic heterocycles. The van der Waals surface area contributed by atoms with Crippen LogP contribution in [0.25, 0.3) is 0 Å². The van der Waals surface area contributed by atoms with Gasteiger partial charge in [-0.3, -0.25) is 9.78 Å². The van der Waals surface area contributed by atoms with Crippen molar-refractivity contribution in [3.05, 3.63) is 29.6 Å². The largest absolute Gasteiger partial charge is 0.478 e. The second kappa shape index (κ2) is 5.38. The molecule has 1 aromatic rings. The fraction of sp³-hybridized carbons (Fsp3) is 0.500. The van der Waals surface area contributed by atoms with Crippen molar-refractivity contribution in [2.75, 3.05) is 13.1 Å². The summed E-state index contributed by atoms with van der Waals surface area (Å²) in [6.45, 7) is 5.85. The Hall–Kier alpha value is -1.91. The lowest BCUT2D eigenvalue weighted by molar-refractivity contribution is 0.0693. The van der Waals surface area contributed by atoms with Crippen molar-refractivity contribution >= 4 is 11.9 Å². The Labute approximate surface area is 112 Å². The molecule has 0 spiro atoms. The number of aromatic nitrogens is 1. The maximum Gasteiger partial charge on any atom is 0.337 e. The number of rotatable bonds is 3. The zero-order valence-electron chi connectivity index (χ0n) is 11.2. The van der Waals surface area contributed by atoms with Gasteiger partial charge in [0.05, 0.1) is 5.56 Å². The number of carboxylic acid groups (broad SMARTS) is 1. The fourth-order valence-corrected chi connectivity index (χ4v) is 2.32. The molecule has 1 N–H and O–H groups in total. The minimum Gasteiger partial charge on any atom is -0.478 e. The van der Waals surface area contributed by atoms with Crippen LogP contribution in [0, 0.1) is 11.8 Å². The molecule has 102 valence electrons. The third-order valence-corrected chi connectivity index (χ3v) is 3.68. The molecule has 1 aliphatic rings. The molecule has 5 heteroatoms. The molecule has 1 amide bonds. The number of aromatic carboxylic acids is 1. The van der Waals surface area contributed by atoms with Gasteiger partial charge in [0.25, 0.3) is 5.91 Å². The van der Waals surface area contributed by atoms with Gasteiger partial charge < -0.3 is 10.0 Å². The van der Waals surface area contributed by atoms with E-state index < -0.39 is 5.97 Å². The van der Waals surface area contributed by atoms with E-state index in [0.29, 0.717) is 17.5 Å². The van der Waals surface area contributed by atoms with Gasteiger partial charge in [0, 0.05) is 19.3 Å². The summed E-state index contributed by atoms with van der Waals surface area (Å²) in [7, 11) is 0. The Morgan fingerprint density at radius 2 is 2.16 bits per heavy atom. The second-order valence-corrected chi connectivity index (χ2v) is 5.28. The first-order chi connectivity index (χ1) is 8.99. The molecule has 1 saturated heterocycles. The van der Waals surface area contributed by atoms with Gasteiger partial charge in [-0.1, -0.05) is 13.8 Å². The lowest BCUT2D eigenvalue weighted by atomic mass is 9.95. The van der Waals surface area contributed by atoms with Crippen molar-refractivity contribution in [3.63, 3.8) is 0 Å². The molecular weight excluding hydrogens is 244 g/mol. The highest BCUT2D eigenvalue weighted by molar-refractivity contribution is 5.93. The summed E-state index contributed by atoms with van der Waals surface area (Å²) in [4.78, 5) is 28.7. The Bertz CT molecular complexity index is 482. The first-order valence-electron chi connectivity index (χ1n) is 6.47. The van der Waals surface area contributed by atoms with Crippen LogP contribution in [-0.4, -0.2) is 40.0 Å². The number of carbonyl (C=O) groups excluding carboxylic acids is 1. The number of carbonyl (C=O) groups is 2. The standard InChI is InChI=1S/C14H18N2O3/c1-9(2)11-5-6-16(8-11)13(17)12-4-3-10(7-15-12)14(18)19/h3-4,7,9,11H,5-6,8H2,1-2H3,(H,18,19). The van der Waals surface area contributed by atoms with Gasteiger partial charge in [0.1, 0.15) is 5.69 Å². The zero-order chi connectivity index (χ0) is 14.0. The predicted molar refractivity (Wildman–Crippen MR) is 70.0 cm³/mol. The van der Waals surface area contributed by atoms with Gasteiger partial charge in [-0.05, 0) is 30.4 Å². The summed E-state index contributed by atoms with van der Waals surface area (Å²) < 4.78 is 0. The number of carboxylic acids is 1. The number of likely N-dealkylation sites (tertiary alicyclic amines) is 1. The van der Waals surface area contributed by atoms with Gasteiger partial charge in [-0.25, -0.2) is 4.79 Å². The fourth-order valence-electron chi connectivity index (χ4n) is 2.32. The summed E-state index contributed by atoms with van der Waals surface area (Å²) >= 11 is 0. The molecule has 0 radical (unpaired) electrons. The van der Waals surface area contributed by atoms with Crippen LogP contribution < -0.4 is 0 Å². The van der Waals surface area contributed by atoms with Crippen LogP contribution in [0.5, 0.6) is 0 Å². The SMILES string of the molecule is CC(C)C1CCN(C(=O)c2ccc(C(=O)O)cn2)C1. The van der Waals surface area contributed by atoms with E-state index >= 15 is 0 Å². The van der Waals surface area contributed by atoms with Crippen LogP contribution in [0.1, 0.15) is 41.1 Å². The molecule has 5 nitrogen and oxygen atoms in total. The minimum absolute atomic E-state index is 0.0954. The summed E-state index contributed by atoms with van der Waals surface area (Å²) in [5.74, 6) is -0.0324. The predicted octanol–water partition coefficient (Wildman–Crippen LogP) is 1.90. The highest BCUT2D eigenvalue weighted by Crippen LogP contribution is 2.24. The van der Waals surface area contributed by atoms with E-state index in [4.69, 9.17) is 5.11 Å². The average Bonchev–Trinajstić information content (AvgIpc) is 2.87. The van der Waals surface area contributed by atoms with E-state index in [1.165, 1.54) is 18.3 Å². The Kier molecular flexibility index (Phi) is 3.83. The zero-order valence-corrected chi connectivity index (χ0v) is 11.2. The van der Waals surface area contributed by atoms with E-state index in [1.54, 1.807) is 4.90 Å². The minimum atomic E-state index is -1.03. The Balaban J connectivity index is 2.06. The molecule has 0 aliphatic carbocycles. The van der Waals surface area contributed by atoms with Crippen molar-refractivity contribution < 1.29 is 14.7 Å². The number of hydrogen-bond acceptors (Lipinski definition) is 3. The maximum atomic E-state index is 12.2. The van der Waals surface area contributed by atoms with Gasteiger partial charge in [-0.15, -0.1) is 0 Å². The van der Waals surface area contributed by atoms with E-state index in [1.807, 2.05) is 0 Å². The second-order valence-electron chi connectivity index (χ2n) is 5.28. The van der Waals surface area contributed by atoms with Crippen molar-refractivity contribution in [3.8, 4) is 0 Å². The summed E-state index contributed by atoms with van der Waals surface area (Å²) in [5, 5.41) is 8.79. The average molecular weight is 262 g/mol. The number of pyridine rings is 1. The molecule has 0 saturated carbocycles. The molecule has 0 aromatic carbocycles. The molecule has 0 bridgehead atoms. The number of nitrogens with zero attached hydrogens (tertiary/aromatic N) is 2. The van der Waals surface area contributed by atoms with Gasteiger partial charge >= 0.3 is 5.97 Å². The van der Waals surface area contributed by atoms with Crippen molar-refractivity contribution in [1.82, 2.24) is 9.88 Å². The maximum absolute atomic E-state index is 12.2. The van der Waals surface area contributed by atoms with E-state index in [0.717, 1.165) is 19.5 Å². The molecule has 1 aliphatic heterocycles. The molecule has 1 unspecified atom stereocenters. The Morgan fingerprint density at radius 3 is 2.63 bits per heavy atom. The van der Waals surface area contributed by atoms with Gasteiger partial charge in [0.2, 0.25) is 0 Å². The first-order valence-corrected chi connectivity index (χ1v) is 6.47. The van der Waals surface area contributed by atoms with Crippen LogP contribution in [0.2, 0.25) is 0 Å². The molecule has 2 heterocycles. The monoisotopic (exact) mass is 262 g/mol. The lowest BCUT2D eigenvalue weighted by Crippen LogP contribution is -2.30. The van der Waals surface area contributed by atoms with Crippen molar-refractivity contribution in [1.29, 1.82) is 0 Å². The third-order valence-electron chi connectivity index (χ3n) is 3.68. The van der Waals surface area contributed by atoms with Gasteiger partial charge in [-0.2, -0.15) is 0 Å². The summed E-state index contributed by atoms with van der Waals surface area (Å²) in [6.07, 6.45) is 2.25. The Morgan fingerprint density at radius 1 is 1.42 bits per heavy atom. The highest BCUT2D eigenvalue weighted by atomic mass is 16.4. The van der Waals surface area contributed by atoms with Crippen LogP contribution in [0.4, 0.5) is 0 Å². The van der Waals surface area contributed by atoms with Crippen LogP contribution in [-0.2, 0) is 0 Å². The molecule has 1 fully saturated rings. The van der Waals surface area contributed by atoms with Crippen LogP contribution in [0.15, 0.2) is 18.3 Å². The molecular formula is C14H18N2O3. The number of amides is 1. The molecule has 2 rings (SSSR count). The summed E-state index contributed by atoms with van der Waals surface area (Å²) in [5.41, 5.74) is 0.410. The van der Waals surface area contributed by atoms with E-state index in [9.17, 15) is 9.59 Å². The molecule has 19 heavy (non-hydrogen) atoms. The van der Waals surface area contributed by atoms with Crippen molar-refractivity contribution in [2.45, 2.75) is 20.3 Å². The topological polar surface area (TPSA) is 70.5 Å². The third kappa shape index (κ3) is 2.92. The van der Waals surface area contributed by atoms with Crippen LogP contribution in [0.3, 0.4) is 0 Å². The quantitative estimate of drug-likeness (QED) is 0.903. The first kappa shape index (κ1) is 13.5.